The number of carboxylic acids is 2. The van der Waals surface area contributed by atoms with Crippen molar-refractivity contribution in [3.05, 3.63) is 114 Å². The summed E-state index contributed by atoms with van der Waals surface area (Å²) in [5.41, 5.74) is 2.64. The number of carbonyl (C=O) groups is 3. The lowest BCUT2D eigenvalue weighted by atomic mass is 10.0. The monoisotopic (exact) mass is 617 g/mol. The summed E-state index contributed by atoms with van der Waals surface area (Å²) in [5, 5.41) is 55.2. The molecule has 14 nitrogen and oxygen atoms in total. The molecule has 4 N–H and O–H groups in total. The first-order chi connectivity index (χ1) is 22.2. The summed E-state index contributed by atoms with van der Waals surface area (Å²) in [6, 6.07) is 20.6. The number of hydrogen-bond acceptors (Lipinski definition) is 10. The number of pyridine rings is 1. The Morgan fingerprint density at radius 2 is 1.13 bits per heavy atom. The summed E-state index contributed by atoms with van der Waals surface area (Å²) >= 11 is 0. The maximum Gasteiger partial charge on any atom is 0.339 e. The van der Waals surface area contributed by atoms with Gasteiger partial charge in [-0.15, -0.1) is 10.2 Å². The Bertz CT molecular complexity index is 2000. The van der Waals surface area contributed by atoms with E-state index in [1.54, 1.807) is 12.1 Å². The van der Waals surface area contributed by atoms with E-state index in [0.717, 1.165) is 5.56 Å². The largest absolute Gasteiger partial charge is 0.507 e. The van der Waals surface area contributed by atoms with Crippen molar-refractivity contribution in [1.29, 1.82) is 0 Å². The van der Waals surface area contributed by atoms with Gasteiger partial charge in [-0.1, -0.05) is 40.8 Å². The van der Waals surface area contributed by atoms with E-state index in [4.69, 9.17) is 0 Å². The van der Waals surface area contributed by atoms with Crippen molar-refractivity contribution in [3.63, 3.8) is 0 Å². The third-order valence-electron chi connectivity index (χ3n) is 7.10. The molecule has 228 valence electrons. The summed E-state index contributed by atoms with van der Waals surface area (Å²) in [5.74, 6) is -3.60. The van der Waals surface area contributed by atoms with Crippen LogP contribution < -0.4 is 0 Å². The topological polar surface area (TPSA) is 206 Å². The van der Waals surface area contributed by atoms with E-state index < -0.39 is 23.4 Å². The van der Waals surface area contributed by atoms with Gasteiger partial charge in [-0.3, -0.25) is 4.79 Å². The molecule has 3 heterocycles. The maximum atomic E-state index is 13.4. The Kier molecular flexibility index (Phi) is 7.74. The molecule has 0 saturated carbocycles. The molecule has 0 radical (unpaired) electrons. The molecule has 0 fully saturated rings. The molecule has 0 bridgehead atoms. The number of nitrogens with zero attached hydrogens (tertiary/aromatic N) is 7. The number of aromatic carboxylic acids is 2. The fourth-order valence-electron chi connectivity index (χ4n) is 4.70. The van der Waals surface area contributed by atoms with Crippen molar-refractivity contribution >= 4 is 17.7 Å². The number of carbonyl (C=O) groups excluding carboxylic acids is 1. The fourth-order valence-corrected chi connectivity index (χ4v) is 4.70. The predicted octanol–water partition coefficient (Wildman–Crippen LogP) is 4.20. The molecule has 0 saturated heterocycles. The number of ketones is 1. The molecule has 0 aliphatic carbocycles. The van der Waals surface area contributed by atoms with Crippen molar-refractivity contribution < 1.29 is 34.8 Å². The highest BCUT2D eigenvalue weighted by molar-refractivity contribution is 5.98. The van der Waals surface area contributed by atoms with Crippen LogP contribution in [0.4, 0.5) is 0 Å². The third kappa shape index (κ3) is 6.03. The van der Waals surface area contributed by atoms with Gasteiger partial charge >= 0.3 is 11.9 Å². The lowest BCUT2D eigenvalue weighted by Crippen LogP contribution is -2.04. The molecule has 0 aliphatic heterocycles. The van der Waals surface area contributed by atoms with Crippen LogP contribution in [0.3, 0.4) is 0 Å². The Hall–Kier alpha value is -6.70. The van der Waals surface area contributed by atoms with Gasteiger partial charge in [-0.05, 0) is 48.4 Å². The number of carboxylic acid groups (broad SMARTS) is 2. The minimum Gasteiger partial charge on any atom is -0.507 e. The van der Waals surface area contributed by atoms with E-state index in [2.05, 4.69) is 25.6 Å². The van der Waals surface area contributed by atoms with Gasteiger partial charge < -0.3 is 20.4 Å². The summed E-state index contributed by atoms with van der Waals surface area (Å²) < 4.78 is 2.66. The highest BCUT2D eigenvalue weighted by Crippen LogP contribution is 2.27. The summed E-state index contributed by atoms with van der Waals surface area (Å²) in [4.78, 5) is 40.7. The summed E-state index contributed by atoms with van der Waals surface area (Å²) in [7, 11) is 0. The van der Waals surface area contributed by atoms with Gasteiger partial charge in [0.2, 0.25) is 0 Å². The van der Waals surface area contributed by atoms with E-state index in [1.165, 1.54) is 58.2 Å². The first-order valence-electron chi connectivity index (χ1n) is 13.7. The molecule has 6 aromatic rings. The second-order valence-corrected chi connectivity index (χ2v) is 10.1. The number of hydrogen-bond donors (Lipinski definition) is 4. The first kappa shape index (κ1) is 29.4. The SMILES string of the molecule is O=C(CCc1ccccc1)c1cc(-c2cn(-c3ccc(C(=O)O)c(O)c3)nn2)nc(-c2cn(-c3ccc(C(=O)O)c(O)c3)nn2)c1. The number of aromatic hydroxyl groups is 2. The lowest BCUT2D eigenvalue weighted by Gasteiger charge is -2.07. The highest BCUT2D eigenvalue weighted by atomic mass is 16.4. The number of aromatic nitrogens is 7. The van der Waals surface area contributed by atoms with Gasteiger partial charge in [-0.25, -0.2) is 23.9 Å². The minimum absolute atomic E-state index is 0.156. The van der Waals surface area contributed by atoms with Crippen LogP contribution in [0.5, 0.6) is 11.5 Å². The molecule has 0 unspecified atom stereocenters. The van der Waals surface area contributed by atoms with Gasteiger partial charge in [0.25, 0.3) is 0 Å². The van der Waals surface area contributed by atoms with E-state index in [0.29, 0.717) is 23.4 Å². The average Bonchev–Trinajstić information content (AvgIpc) is 3.75. The Morgan fingerprint density at radius 3 is 1.59 bits per heavy atom. The zero-order valence-electron chi connectivity index (χ0n) is 23.7. The number of phenols is 2. The third-order valence-corrected chi connectivity index (χ3v) is 7.10. The Labute approximate surface area is 259 Å². The fraction of sp³-hybridized carbons (Fsp3) is 0.0625. The first-order valence-corrected chi connectivity index (χ1v) is 13.7. The lowest BCUT2D eigenvalue weighted by molar-refractivity contribution is 0.0682. The molecule has 46 heavy (non-hydrogen) atoms. The molecule has 3 aromatic heterocycles. The standard InChI is InChI=1S/C32H23N7O7/c40-28(11-6-18-4-2-1-3-5-18)19-12-24(26-16-38(36-34-26)20-7-9-22(31(43)44)29(41)14-20)33-25(13-19)27-17-39(37-35-27)21-8-10-23(32(45)46)30(42)15-21/h1-5,7-10,12-17,41-42H,6,11H2,(H,43,44)(H,45,46). The summed E-state index contributed by atoms with van der Waals surface area (Å²) in [6.45, 7) is 0. The van der Waals surface area contributed by atoms with Crippen molar-refractivity contribution in [2.75, 3.05) is 0 Å². The van der Waals surface area contributed by atoms with Crippen LogP contribution >= 0.6 is 0 Å². The predicted molar refractivity (Wildman–Crippen MR) is 161 cm³/mol. The zero-order valence-corrected chi connectivity index (χ0v) is 23.7. The van der Waals surface area contributed by atoms with Crippen molar-refractivity contribution in [1.82, 2.24) is 35.0 Å². The van der Waals surface area contributed by atoms with Crippen molar-refractivity contribution in [3.8, 4) is 45.6 Å². The van der Waals surface area contributed by atoms with Crippen LogP contribution in [0, 0.1) is 0 Å². The maximum absolute atomic E-state index is 13.4. The molecule has 6 rings (SSSR count). The van der Waals surface area contributed by atoms with Crippen LogP contribution in [0.25, 0.3) is 34.2 Å². The molecule has 3 aromatic carbocycles. The van der Waals surface area contributed by atoms with Gasteiger partial charge in [-0.2, -0.15) is 0 Å². The van der Waals surface area contributed by atoms with E-state index in [9.17, 15) is 34.8 Å². The van der Waals surface area contributed by atoms with Crippen LogP contribution in [-0.2, 0) is 6.42 Å². The molecule has 0 spiro atoms. The highest BCUT2D eigenvalue weighted by Gasteiger charge is 2.18. The zero-order chi connectivity index (χ0) is 32.4. The smallest absolute Gasteiger partial charge is 0.339 e. The van der Waals surface area contributed by atoms with Crippen LogP contribution in [-0.4, -0.2) is 73.1 Å². The van der Waals surface area contributed by atoms with Gasteiger partial charge in [0.05, 0.1) is 35.2 Å². The number of rotatable bonds is 10. The molecule has 0 amide bonds. The molecular weight excluding hydrogens is 594 g/mol. The van der Waals surface area contributed by atoms with E-state index >= 15 is 0 Å². The minimum atomic E-state index is -1.28. The molecular formula is C32H23N7O7. The average molecular weight is 618 g/mol. The van der Waals surface area contributed by atoms with E-state index in [-0.39, 0.29) is 46.1 Å². The molecule has 0 aliphatic rings. The van der Waals surface area contributed by atoms with E-state index in [1.807, 2.05) is 30.3 Å². The Morgan fingerprint density at radius 1 is 0.630 bits per heavy atom. The molecule has 0 atom stereocenters. The summed E-state index contributed by atoms with van der Waals surface area (Å²) in [6.07, 6.45) is 3.77. The molecule has 14 heteroatoms. The van der Waals surface area contributed by atoms with Gasteiger partial charge in [0.1, 0.15) is 34.0 Å². The number of Topliss-reactive ketones (excluding diaryl/α,β-unsaturated/α-hetero) is 1. The second kappa shape index (κ2) is 12.1. The van der Waals surface area contributed by atoms with Gasteiger partial charge in [0.15, 0.2) is 5.78 Å². The van der Waals surface area contributed by atoms with Crippen LogP contribution in [0.2, 0.25) is 0 Å². The quantitative estimate of drug-likeness (QED) is 0.160. The van der Waals surface area contributed by atoms with Crippen LogP contribution in [0.15, 0.2) is 91.3 Å². The van der Waals surface area contributed by atoms with Gasteiger partial charge in [0, 0.05) is 24.1 Å². The number of aryl methyl sites for hydroxylation is 1. The van der Waals surface area contributed by atoms with Crippen molar-refractivity contribution in [2.45, 2.75) is 12.8 Å². The second-order valence-electron chi connectivity index (χ2n) is 10.1. The normalized spacial score (nSPS) is 11.0. The number of benzene rings is 3. The van der Waals surface area contributed by atoms with Crippen molar-refractivity contribution in [2.24, 2.45) is 0 Å². The van der Waals surface area contributed by atoms with Crippen LogP contribution in [0.1, 0.15) is 43.1 Å². The Balaban J connectivity index is 1.36.